The minimum absolute atomic E-state index is 0.0193. The number of carbonyl (C=O) groups is 1. The molecule has 35 heavy (non-hydrogen) atoms. The van der Waals surface area contributed by atoms with Gasteiger partial charge in [0.15, 0.2) is 17.5 Å². The Morgan fingerprint density at radius 3 is 2.89 bits per heavy atom. The van der Waals surface area contributed by atoms with Gasteiger partial charge in [-0.15, -0.1) is 0 Å². The summed E-state index contributed by atoms with van der Waals surface area (Å²) in [5.41, 5.74) is 1.33. The molecule has 2 aliphatic rings. The molecule has 2 bridgehead atoms. The molecule has 3 aromatic heterocycles. The Kier molecular flexibility index (Phi) is 5.81. The molecule has 2 atom stereocenters. The number of alkyl halides is 3. The number of hydrogen-bond acceptors (Lipinski definition) is 8. The lowest BCUT2D eigenvalue weighted by Gasteiger charge is -2.36. The Morgan fingerprint density at radius 1 is 1.31 bits per heavy atom. The molecule has 5 heterocycles. The largest absolute Gasteiger partial charge is 0.441 e. The van der Waals surface area contributed by atoms with Crippen LogP contribution in [-0.4, -0.2) is 57.9 Å². The summed E-state index contributed by atoms with van der Waals surface area (Å²) >= 11 is 0. The van der Waals surface area contributed by atoms with E-state index in [-0.39, 0.29) is 23.4 Å². The monoisotopic (exact) mass is 489 g/mol. The molecule has 1 saturated heterocycles. The fourth-order valence-electron chi connectivity index (χ4n) is 4.27. The van der Waals surface area contributed by atoms with Gasteiger partial charge in [0.25, 0.3) is 0 Å². The van der Waals surface area contributed by atoms with Crippen molar-refractivity contribution in [3.63, 3.8) is 0 Å². The van der Waals surface area contributed by atoms with E-state index < -0.39 is 25.0 Å². The van der Waals surface area contributed by atoms with Gasteiger partial charge in [-0.05, 0) is 30.7 Å². The zero-order valence-electron chi connectivity index (χ0n) is 18.6. The first-order chi connectivity index (χ1) is 16.7. The van der Waals surface area contributed by atoms with Gasteiger partial charge in [0.1, 0.15) is 12.0 Å². The van der Waals surface area contributed by atoms with Crippen molar-refractivity contribution in [3.8, 4) is 11.3 Å². The van der Waals surface area contributed by atoms with Crippen molar-refractivity contribution in [1.29, 1.82) is 0 Å². The number of pyridine rings is 2. The number of aromatic nitrogens is 3. The van der Waals surface area contributed by atoms with Crippen LogP contribution < -0.4 is 20.4 Å². The quantitative estimate of drug-likeness (QED) is 0.468. The summed E-state index contributed by atoms with van der Waals surface area (Å²) in [4.78, 5) is 29.5. The first-order valence-electron chi connectivity index (χ1n) is 10.9. The van der Waals surface area contributed by atoms with E-state index >= 15 is 0 Å². The molecular formula is C22H22F3N7O3. The minimum Gasteiger partial charge on any atom is -0.441 e. The van der Waals surface area contributed by atoms with E-state index in [0.717, 1.165) is 0 Å². The van der Waals surface area contributed by atoms with E-state index in [9.17, 15) is 23.1 Å². The molecule has 3 aromatic rings. The summed E-state index contributed by atoms with van der Waals surface area (Å²) < 4.78 is 43.2. The van der Waals surface area contributed by atoms with E-state index in [1.165, 1.54) is 17.2 Å². The molecule has 13 heteroatoms. The van der Waals surface area contributed by atoms with Gasteiger partial charge in [-0.25, -0.2) is 19.7 Å². The number of aliphatic hydroxyl groups excluding tert-OH is 1. The van der Waals surface area contributed by atoms with Gasteiger partial charge < -0.3 is 14.4 Å². The lowest BCUT2D eigenvalue weighted by Crippen LogP contribution is -2.48. The summed E-state index contributed by atoms with van der Waals surface area (Å²) in [7, 11) is 0. The highest BCUT2D eigenvalue weighted by Gasteiger charge is 2.40. The van der Waals surface area contributed by atoms with Crippen molar-refractivity contribution in [1.82, 2.24) is 20.3 Å². The summed E-state index contributed by atoms with van der Waals surface area (Å²) in [5, 5.41) is 15.0. The van der Waals surface area contributed by atoms with Crippen LogP contribution in [-0.2, 0) is 0 Å². The number of halogens is 3. The van der Waals surface area contributed by atoms with E-state index in [4.69, 9.17) is 4.42 Å². The van der Waals surface area contributed by atoms with E-state index in [1.54, 1.807) is 31.3 Å². The van der Waals surface area contributed by atoms with E-state index in [1.807, 2.05) is 5.32 Å². The van der Waals surface area contributed by atoms with Gasteiger partial charge >= 0.3 is 12.2 Å². The second-order valence-electron chi connectivity index (χ2n) is 8.34. The lowest BCUT2D eigenvalue weighted by molar-refractivity contribution is -0.131. The number of aliphatic hydroxyl groups is 1. The van der Waals surface area contributed by atoms with Crippen molar-refractivity contribution < 1.29 is 27.5 Å². The number of nitrogens with one attached hydrogen (secondary N) is 2. The van der Waals surface area contributed by atoms with Crippen LogP contribution in [0.2, 0.25) is 0 Å². The number of urea groups is 1. The average molecular weight is 489 g/mol. The van der Waals surface area contributed by atoms with E-state index in [0.29, 0.717) is 42.4 Å². The van der Waals surface area contributed by atoms with Gasteiger partial charge in [-0.2, -0.15) is 13.2 Å². The fraction of sp³-hybridized carbons (Fsp3) is 0.364. The van der Waals surface area contributed by atoms with Gasteiger partial charge in [0, 0.05) is 31.8 Å². The molecule has 3 N–H and O–H groups in total. The highest BCUT2D eigenvalue weighted by Crippen LogP contribution is 2.39. The SMILES string of the molecule is Cc1ncc(-c2ccnc(NC(=O)N3c4nc(C(O)NCC(F)(F)F)ccc4N4CC[C@H]3C4)c2)o1. The fourth-order valence-corrected chi connectivity index (χ4v) is 4.27. The topological polar surface area (TPSA) is 120 Å². The number of fused-ring (bicyclic) bond motifs is 4. The Balaban J connectivity index is 1.40. The summed E-state index contributed by atoms with van der Waals surface area (Å²) in [6, 6.07) is 5.81. The average Bonchev–Trinajstić information content (AvgIpc) is 3.44. The number of carbonyl (C=O) groups excluding carboxylic acids is 1. The summed E-state index contributed by atoms with van der Waals surface area (Å²) in [6.45, 7) is 1.65. The van der Waals surface area contributed by atoms with Gasteiger partial charge in [-0.1, -0.05) is 0 Å². The predicted molar refractivity (Wildman–Crippen MR) is 120 cm³/mol. The summed E-state index contributed by atoms with van der Waals surface area (Å²) in [6.07, 6.45) is -2.33. The normalized spacial score (nSPS) is 17.9. The lowest BCUT2D eigenvalue weighted by atomic mass is 10.1. The van der Waals surface area contributed by atoms with Crippen LogP contribution in [0.5, 0.6) is 0 Å². The molecule has 184 valence electrons. The Morgan fingerprint density at radius 2 is 2.14 bits per heavy atom. The molecule has 0 radical (unpaired) electrons. The highest BCUT2D eigenvalue weighted by atomic mass is 19.4. The number of rotatable bonds is 5. The molecule has 10 nitrogen and oxygen atoms in total. The molecule has 0 aromatic carbocycles. The van der Waals surface area contributed by atoms with Crippen molar-refractivity contribution >= 4 is 23.4 Å². The van der Waals surface area contributed by atoms with Crippen LogP contribution in [0.3, 0.4) is 0 Å². The van der Waals surface area contributed by atoms with Crippen molar-refractivity contribution in [3.05, 3.63) is 48.2 Å². The number of nitrogens with zero attached hydrogens (tertiary/aromatic N) is 5. The molecule has 1 fully saturated rings. The second kappa shape index (κ2) is 8.82. The maximum atomic E-state index is 13.4. The number of oxazole rings is 1. The summed E-state index contributed by atoms with van der Waals surface area (Å²) in [5.74, 6) is 1.59. The number of anilines is 3. The molecule has 0 saturated carbocycles. The van der Waals surface area contributed by atoms with Crippen LogP contribution in [0.15, 0.2) is 41.1 Å². The smallest absolute Gasteiger partial charge is 0.401 e. The van der Waals surface area contributed by atoms with Crippen LogP contribution in [0.25, 0.3) is 11.3 Å². The maximum Gasteiger partial charge on any atom is 0.401 e. The van der Waals surface area contributed by atoms with Gasteiger partial charge in [0.05, 0.1) is 30.2 Å². The minimum atomic E-state index is -4.49. The van der Waals surface area contributed by atoms with Crippen LogP contribution in [0, 0.1) is 6.92 Å². The standard InChI is InChI=1S/C22H22F3N7O3/c1-12-27-9-17(35-12)13-4-6-26-18(8-13)30-21(34)32-14-5-7-31(10-14)16-3-2-15(29-19(16)32)20(33)28-11-22(23,24)25/h2-4,6,8-9,14,20,28,33H,5,7,10-11H2,1H3,(H,26,30,34)/t14-,20?/m0/s1. The zero-order chi connectivity index (χ0) is 24.7. The first kappa shape index (κ1) is 23.1. The van der Waals surface area contributed by atoms with E-state index in [2.05, 4.69) is 25.2 Å². The Hall–Kier alpha value is -3.71. The number of aryl methyl sites for hydroxylation is 1. The van der Waals surface area contributed by atoms with Crippen molar-refractivity contribution in [2.75, 3.05) is 34.8 Å². The molecule has 2 amide bonds. The van der Waals surface area contributed by atoms with Crippen LogP contribution >= 0.6 is 0 Å². The van der Waals surface area contributed by atoms with Crippen LogP contribution in [0.4, 0.5) is 35.3 Å². The Bertz CT molecular complexity index is 1250. The van der Waals surface area contributed by atoms with Crippen molar-refractivity contribution in [2.24, 2.45) is 0 Å². The Labute approximate surface area is 197 Å². The molecule has 0 spiro atoms. The van der Waals surface area contributed by atoms with Crippen molar-refractivity contribution in [2.45, 2.75) is 31.8 Å². The maximum absolute atomic E-state index is 13.4. The third-order valence-electron chi connectivity index (χ3n) is 5.87. The third-order valence-corrected chi connectivity index (χ3v) is 5.87. The molecule has 2 aliphatic heterocycles. The second-order valence-corrected chi connectivity index (χ2v) is 8.34. The molecule has 5 rings (SSSR count). The molecule has 1 unspecified atom stereocenters. The van der Waals surface area contributed by atoms with Gasteiger partial charge in [0.2, 0.25) is 0 Å². The number of amides is 2. The number of hydrogen-bond donors (Lipinski definition) is 3. The third kappa shape index (κ3) is 4.77. The highest BCUT2D eigenvalue weighted by molar-refractivity contribution is 6.04. The predicted octanol–water partition coefficient (Wildman–Crippen LogP) is 3.21. The van der Waals surface area contributed by atoms with Gasteiger partial charge in [-0.3, -0.25) is 15.5 Å². The first-order valence-corrected chi connectivity index (χ1v) is 10.9. The molecular weight excluding hydrogens is 467 g/mol. The van der Waals surface area contributed by atoms with Crippen LogP contribution in [0.1, 0.15) is 24.2 Å². The zero-order valence-corrected chi connectivity index (χ0v) is 18.6. The molecule has 0 aliphatic carbocycles.